The van der Waals surface area contributed by atoms with E-state index in [0.717, 1.165) is 67.8 Å². The molecule has 283 valence electrons. The Morgan fingerprint density at radius 1 is 0.780 bits per heavy atom. The molecule has 0 spiro atoms. The third kappa shape index (κ3) is 11.6. The summed E-state index contributed by atoms with van der Waals surface area (Å²) in [4.78, 5) is 12.2. The van der Waals surface area contributed by atoms with E-state index >= 15 is 0 Å². The van der Waals surface area contributed by atoms with Crippen LogP contribution in [0.5, 0.6) is 11.5 Å². The van der Waals surface area contributed by atoms with E-state index in [0.29, 0.717) is 18.0 Å². The van der Waals surface area contributed by atoms with Gasteiger partial charge in [-0.3, -0.25) is 24.8 Å². The average molecular weight is 734 g/mol. The number of guanidine groups is 1. The van der Waals surface area contributed by atoms with Crippen LogP contribution in [-0.2, 0) is 39.4 Å². The number of hydrogen-bond donors (Lipinski definition) is 3. The quantitative estimate of drug-likeness (QED) is 0.138. The molecule has 50 heavy (non-hydrogen) atoms. The van der Waals surface area contributed by atoms with Crippen LogP contribution in [0.4, 0.5) is 0 Å². The van der Waals surface area contributed by atoms with Crippen molar-refractivity contribution in [2.45, 2.75) is 124 Å². The largest absolute Gasteiger partial charge is 0.507 e. The Labute approximate surface area is 316 Å². The molecule has 2 aromatic rings. The molecule has 0 atom stereocenters. The fourth-order valence-corrected chi connectivity index (χ4v) is 6.31. The third-order valence-electron chi connectivity index (χ3n) is 9.38. The summed E-state index contributed by atoms with van der Waals surface area (Å²) in [5.74, 6) is 1.90. The first-order valence-corrected chi connectivity index (χ1v) is 17.7. The topological polar surface area (TPSA) is 83.5 Å². The van der Waals surface area contributed by atoms with Crippen molar-refractivity contribution in [2.24, 2.45) is 9.98 Å². The van der Waals surface area contributed by atoms with Crippen molar-refractivity contribution in [1.82, 2.24) is 10.2 Å². The van der Waals surface area contributed by atoms with Gasteiger partial charge in [-0.05, 0) is 71.8 Å². The van der Waals surface area contributed by atoms with Crippen LogP contribution in [0, 0.1) is 14.9 Å². The van der Waals surface area contributed by atoms with Crippen molar-refractivity contribution >= 4 is 18.4 Å². The van der Waals surface area contributed by atoms with Crippen molar-refractivity contribution in [3.05, 3.63) is 72.5 Å². The summed E-state index contributed by atoms with van der Waals surface area (Å²) < 4.78 is 2.49. The van der Waals surface area contributed by atoms with Gasteiger partial charge >= 0.3 is 5.96 Å². The van der Waals surface area contributed by atoms with Gasteiger partial charge in [-0.15, -0.1) is 0 Å². The summed E-state index contributed by atoms with van der Waals surface area (Å²) in [6.45, 7) is 29.5. The maximum Gasteiger partial charge on any atom is 0.348 e. The fourth-order valence-electron chi connectivity index (χ4n) is 6.31. The Morgan fingerprint density at radius 3 is 1.96 bits per heavy atom. The number of benzene rings is 2. The average Bonchev–Trinajstić information content (AvgIpc) is 2.96. The van der Waals surface area contributed by atoms with E-state index in [4.69, 9.17) is 9.98 Å². The minimum Gasteiger partial charge on any atom is -0.507 e. The molecule has 2 heterocycles. The molecule has 2 aromatic carbocycles. The third-order valence-corrected chi connectivity index (χ3v) is 9.38. The van der Waals surface area contributed by atoms with E-state index in [1.165, 1.54) is 29.9 Å². The van der Waals surface area contributed by atoms with E-state index in [9.17, 15) is 10.2 Å². The zero-order chi connectivity index (χ0) is 34.8. The first kappa shape index (κ1) is 45.2. The van der Waals surface area contributed by atoms with Gasteiger partial charge in [0.25, 0.3) is 0 Å². The Morgan fingerprint density at radius 2 is 1.36 bits per heavy atom. The second-order valence-electron chi connectivity index (χ2n) is 17.4. The number of aliphatic imine (C=N–C) groups is 2. The van der Waals surface area contributed by atoms with Crippen LogP contribution in [0.25, 0.3) is 0 Å². The van der Waals surface area contributed by atoms with E-state index in [1.54, 1.807) is 6.21 Å². The van der Waals surface area contributed by atoms with Gasteiger partial charge in [0.1, 0.15) is 11.5 Å². The van der Waals surface area contributed by atoms with Crippen molar-refractivity contribution in [1.29, 1.82) is 0 Å². The van der Waals surface area contributed by atoms with Crippen LogP contribution in [0.1, 0.15) is 129 Å². The van der Waals surface area contributed by atoms with Gasteiger partial charge < -0.3 is 25.1 Å². The maximum atomic E-state index is 11.5. The molecule has 8 heteroatoms. The Hall–Kier alpha value is -2.84. The molecule has 0 aliphatic carbocycles. The zero-order valence-corrected chi connectivity index (χ0v) is 34.6. The molecule has 0 saturated heterocycles. The number of rotatable bonds is 9. The molecule has 0 aromatic heterocycles. The number of nitrogens with one attached hydrogen (secondary N) is 1. The molecular formula is C42H68CoN5O2-. The van der Waals surface area contributed by atoms with Gasteiger partial charge in [0, 0.05) is 58.7 Å². The molecule has 7 nitrogen and oxygen atoms in total. The molecule has 0 unspecified atom stereocenters. The molecule has 0 bridgehead atoms. The number of phenols is 2. The fraction of sp³-hybridized carbons (Fsp3) is 0.595. The van der Waals surface area contributed by atoms with E-state index in [2.05, 4.69) is 109 Å². The molecule has 0 amide bonds. The van der Waals surface area contributed by atoms with E-state index in [1.807, 2.05) is 12.3 Å². The standard InChI is InChI=1S/C40H61N5O2.2CH3.Co/c1-37(2,3)31-21-28(15-12-17-44-19-14-20-45-18-13-16-42-36(44)45)34(46)30(23-31)26-43-40(10,11)27-41-25-29-22-32(38(4,5)6)24-33(35(29)47)39(7,8)9;;;/h21-26H,12-20,27H2,1-11H3,(H2,41,43,46,47);2*1H3;/q;2*-1;/p+1. The first-order chi connectivity index (χ1) is 21.8. The molecule has 3 N–H and O–H groups in total. The minimum absolute atomic E-state index is 0. The van der Waals surface area contributed by atoms with Gasteiger partial charge in [0.2, 0.25) is 0 Å². The van der Waals surface area contributed by atoms with Crippen LogP contribution in [0.2, 0.25) is 0 Å². The zero-order valence-electron chi connectivity index (χ0n) is 33.6. The maximum absolute atomic E-state index is 11.5. The summed E-state index contributed by atoms with van der Waals surface area (Å²) >= 11 is 0. The van der Waals surface area contributed by atoms with Crippen LogP contribution in [0.15, 0.2) is 34.3 Å². The SMILES string of the molecule is CC(C)(CN=Cc1cc(C(C)(C)C)cc(C(C)(C)C)c1O)N=Cc1cc(C(C)(C)C)cc(CCCN2CCC[N+]3=C2NCCC3)c1O.[CH3-].[CH3-].[Co]. The van der Waals surface area contributed by atoms with Crippen LogP contribution in [-0.4, -0.2) is 82.9 Å². The summed E-state index contributed by atoms with van der Waals surface area (Å²) in [6.07, 6.45) is 7.78. The summed E-state index contributed by atoms with van der Waals surface area (Å²) in [5.41, 5.74) is 4.95. The molecule has 0 saturated carbocycles. The second kappa shape index (κ2) is 17.6. The Balaban J connectivity index is 0.00000417. The van der Waals surface area contributed by atoms with Crippen LogP contribution < -0.4 is 5.32 Å². The molecule has 1 radical (unpaired) electrons. The van der Waals surface area contributed by atoms with Crippen molar-refractivity contribution < 1.29 is 31.6 Å². The molecule has 2 aliphatic heterocycles. The number of hydrogen-bond acceptors (Lipinski definition) is 6. The van der Waals surface area contributed by atoms with Crippen LogP contribution >= 0.6 is 0 Å². The van der Waals surface area contributed by atoms with Gasteiger partial charge in [-0.1, -0.05) is 74.4 Å². The Bertz CT molecular complexity index is 1520. The van der Waals surface area contributed by atoms with Crippen molar-refractivity contribution in [3.63, 3.8) is 0 Å². The second-order valence-corrected chi connectivity index (χ2v) is 17.4. The number of nitrogens with zero attached hydrogens (tertiary/aromatic N) is 4. The molecule has 4 rings (SSSR count). The van der Waals surface area contributed by atoms with Gasteiger partial charge in [-0.25, -0.2) is 0 Å². The van der Waals surface area contributed by atoms with Crippen molar-refractivity contribution in [3.8, 4) is 11.5 Å². The number of aryl methyl sites for hydroxylation is 1. The number of aromatic hydroxyl groups is 2. The normalized spacial score (nSPS) is 15.7. The summed E-state index contributed by atoms with van der Waals surface area (Å²) in [6, 6.07) is 8.44. The summed E-state index contributed by atoms with van der Waals surface area (Å²) in [5, 5.41) is 26.2. The monoisotopic (exact) mass is 733 g/mol. The van der Waals surface area contributed by atoms with Crippen LogP contribution in [0.3, 0.4) is 0 Å². The Kier molecular flexibility index (Phi) is 15.9. The smallest absolute Gasteiger partial charge is 0.348 e. The van der Waals surface area contributed by atoms with E-state index < -0.39 is 5.54 Å². The predicted molar refractivity (Wildman–Crippen MR) is 211 cm³/mol. The first-order valence-electron chi connectivity index (χ1n) is 17.7. The summed E-state index contributed by atoms with van der Waals surface area (Å²) in [7, 11) is 0. The van der Waals surface area contributed by atoms with Gasteiger partial charge in [0.15, 0.2) is 0 Å². The number of phenolic OH excluding ortho intramolecular Hbond substituents is 2. The molecule has 0 fully saturated rings. The van der Waals surface area contributed by atoms with E-state index in [-0.39, 0.29) is 47.9 Å². The molecular weight excluding hydrogens is 665 g/mol. The molecule has 2 aliphatic rings. The van der Waals surface area contributed by atoms with Crippen molar-refractivity contribution in [2.75, 3.05) is 39.3 Å². The van der Waals surface area contributed by atoms with Gasteiger partial charge in [-0.2, -0.15) is 0 Å². The minimum atomic E-state index is -0.505. The van der Waals surface area contributed by atoms with Gasteiger partial charge in [0.05, 0.1) is 44.8 Å². The predicted octanol–water partition coefficient (Wildman–Crippen LogP) is 8.21.